The molecule has 0 unspecified atom stereocenters. The number of hydrogen-bond donors (Lipinski definition) is 2. The average Bonchev–Trinajstić information content (AvgIpc) is 2.57. The van der Waals surface area contributed by atoms with Crippen LogP contribution in [0.3, 0.4) is 0 Å². The molecule has 74 valence electrons. The minimum atomic E-state index is 0.202. The van der Waals surface area contributed by atoms with Gasteiger partial charge >= 0.3 is 0 Å². The van der Waals surface area contributed by atoms with Crippen LogP contribution in [0.1, 0.15) is 6.92 Å². The zero-order valence-corrected chi connectivity index (χ0v) is 8.84. The smallest absolute Gasteiger partial charge is 0.166 e. The maximum Gasteiger partial charge on any atom is 0.166 e. The fourth-order valence-electron chi connectivity index (χ4n) is 1.21. The first-order valence-corrected chi connectivity index (χ1v) is 5.57. The minimum absolute atomic E-state index is 0.202. The van der Waals surface area contributed by atoms with Crippen molar-refractivity contribution in [3.05, 3.63) is 24.3 Å². The summed E-state index contributed by atoms with van der Waals surface area (Å²) >= 11 is 1.66. The van der Waals surface area contributed by atoms with E-state index in [1.807, 2.05) is 31.2 Å². The van der Waals surface area contributed by atoms with Gasteiger partial charge in [-0.05, 0) is 19.1 Å². The molecular weight excluding hydrogens is 194 g/mol. The number of aromatic nitrogens is 2. The van der Waals surface area contributed by atoms with Gasteiger partial charge in [0.05, 0.1) is 11.0 Å². The Hall–Kier alpha value is -1.00. The lowest BCUT2D eigenvalue weighted by Crippen LogP contribution is -2.17. The number of imidazole rings is 1. The van der Waals surface area contributed by atoms with Gasteiger partial charge in [-0.2, -0.15) is 0 Å². The summed E-state index contributed by atoms with van der Waals surface area (Å²) in [7, 11) is 0. The lowest BCUT2D eigenvalue weighted by atomic mass is 10.3. The molecule has 0 aliphatic rings. The van der Waals surface area contributed by atoms with Gasteiger partial charge in [-0.1, -0.05) is 23.9 Å². The molecular formula is C10H13N3S. The number of thioether (sulfide) groups is 1. The van der Waals surface area contributed by atoms with Crippen LogP contribution >= 0.6 is 11.8 Å². The molecule has 0 radical (unpaired) electrons. The number of nitrogens with zero attached hydrogens (tertiary/aromatic N) is 1. The number of benzene rings is 1. The molecule has 3 nitrogen and oxygen atoms in total. The molecule has 0 aliphatic heterocycles. The number of nitrogens with two attached hydrogens (primary N) is 1. The number of H-pyrrole nitrogens is 1. The molecule has 1 heterocycles. The van der Waals surface area contributed by atoms with Gasteiger partial charge in [0.25, 0.3) is 0 Å². The van der Waals surface area contributed by atoms with E-state index in [1.54, 1.807) is 11.8 Å². The summed E-state index contributed by atoms with van der Waals surface area (Å²) in [5.74, 6) is 0.889. The van der Waals surface area contributed by atoms with Crippen molar-refractivity contribution in [2.24, 2.45) is 5.73 Å². The Morgan fingerprint density at radius 3 is 3.00 bits per heavy atom. The van der Waals surface area contributed by atoms with Gasteiger partial charge in [-0.25, -0.2) is 4.98 Å². The van der Waals surface area contributed by atoms with Crippen molar-refractivity contribution in [3.8, 4) is 0 Å². The molecule has 0 saturated heterocycles. The first kappa shape index (κ1) is 9.55. The van der Waals surface area contributed by atoms with Gasteiger partial charge < -0.3 is 10.7 Å². The van der Waals surface area contributed by atoms with E-state index in [9.17, 15) is 0 Å². The summed E-state index contributed by atoms with van der Waals surface area (Å²) in [6.45, 7) is 2.00. The highest BCUT2D eigenvalue weighted by Gasteiger charge is 2.03. The quantitative estimate of drug-likeness (QED) is 0.757. The highest BCUT2D eigenvalue weighted by atomic mass is 32.2. The Morgan fingerprint density at radius 2 is 2.29 bits per heavy atom. The number of aromatic amines is 1. The largest absolute Gasteiger partial charge is 0.333 e. The van der Waals surface area contributed by atoms with E-state index in [1.165, 1.54) is 0 Å². The number of rotatable bonds is 3. The molecule has 0 fully saturated rings. The highest BCUT2D eigenvalue weighted by Crippen LogP contribution is 2.19. The van der Waals surface area contributed by atoms with Crippen molar-refractivity contribution >= 4 is 22.8 Å². The fourth-order valence-corrected chi connectivity index (χ4v) is 1.97. The molecule has 14 heavy (non-hydrogen) atoms. The number of hydrogen-bond acceptors (Lipinski definition) is 3. The molecule has 1 aromatic heterocycles. The Kier molecular flexibility index (Phi) is 2.74. The van der Waals surface area contributed by atoms with Gasteiger partial charge in [-0.15, -0.1) is 0 Å². The van der Waals surface area contributed by atoms with Crippen molar-refractivity contribution in [2.45, 2.75) is 18.1 Å². The zero-order valence-electron chi connectivity index (χ0n) is 8.03. The summed E-state index contributed by atoms with van der Waals surface area (Å²) in [5, 5.41) is 0.948. The van der Waals surface area contributed by atoms with Gasteiger partial charge in [0.1, 0.15) is 0 Å². The van der Waals surface area contributed by atoms with Gasteiger partial charge in [-0.3, -0.25) is 0 Å². The van der Waals surface area contributed by atoms with Crippen molar-refractivity contribution in [1.82, 2.24) is 9.97 Å². The molecule has 0 amide bonds. The normalized spacial score (nSPS) is 13.3. The Bertz CT molecular complexity index is 389. The third-order valence-electron chi connectivity index (χ3n) is 1.85. The van der Waals surface area contributed by atoms with E-state index in [2.05, 4.69) is 9.97 Å². The van der Waals surface area contributed by atoms with Crippen LogP contribution in [-0.4, -0.2) is 21.8 Å². The SMILES string of the molecule is C[C@@H](N)CSc1nc2ccccc2[nH]1. The van der Waals surface area contributed by atoms with Crippen molar-refractivity contribution < 1.29 is 0 Å². The minimum Gasteiger partial charge on any atom is -0.333 e. The summed E-state index contributed by atoms with van der Waals surface area (Å²) in [5.41, 5.74) is 7.77. The topological polar surface area (TPSA) is 54.7 Å². The van der Waals surface area contributed by atoms with Crippen molar-refractivity contribution in [2.75, 3.05) is 5.75 Å². The van der Waals surface area contributed by atoms with Crippen LogP contribution < -0.4 is 5.73 Å². The van der Waals surface area contributed by atoms with E-state index < -0.39 is 0 Å². The monoisotopic (exact) mass is 207 g/mol. The first-order valence-electron chi connectivity index (χ1n) is 4.59. The highest BCUT2D eigenvalue weighted by molar-refractivity contribution is 7.99. The first-order chi connectivity index (χ1) is 6.75. The van der Waals surface area contributed by atoms with Crippen LogP contribution in [-0.2, 0) is 0 Å². The van der Waals surface area contributed by atoms with Crippen molar-refractivity contribution in [3.63, 3.8) is 0 Å². The van der Waals surface area contributed by atoms with Crippen LogP contribution in [0.2, 0.25) is 0 Å². The molecule has 0 bridgehead atoms. The summed E-state index contributed by atoms with van der Waals surface area (Å²) in [6.07, 6.45) is 0. The van der Waals surface area contributed by atoms with Gasteiger partial charge in [0.2, 0.25) is 0 Å². The second-order valence-electron chi connectivity index (χ2n) is 3.35. The summed E-state index contributed by atoms with van der Waals surface area (Å²) < 4.78 is 0. The molecule has 2 rings (SSSR count). The molecule has 4 heteroatoms. The molecule has 2 aromatic rings. The van der Waals surface area contributed by atoms with Crippen LogP contribution in [0.5, 0.6) is 0 Å². The summed E-state index contributed by atoms with van der Waals surface area (Å²) in [6, 6.07) is 8.22. The lowest BCUT2D eigenvalue weighted by molar-refractivity contribution is 0.844. The lowest BCUT2D eigenvalue weighted by Gasteiger charge is -2.00. The average molecular weight is 207 g/mol. The van der Waals surface area contributed by atoms with E-state index in [0.29, 0.717) is 0 Å². The second kappa shape index (κ2) is 4.02. The molecule has 1 aromatic carbocycles. The van der Waals surface area contributed by atoms with Gasteiger partial charge in [0, 0.05) is 11.8 Å². The fraction of sp³-hybridized carbons (Fsp3) is 0.300. The predicted molar refractivity (Wildman–Crippen MR) is 60.5 cm³/mol. The van der Waals surface area contributed by atoms with E-state index in [4.69, 9.17) is 5.73 Å². The Balaban J connectivity index is 2.19. The zero-order chi connectivity index (χ0) is 9.97. The standard InChI is InChI=1S/C10H13N3S/c1-7(11)6-14-10-12-8-4-2-3-5-9(8)13-10/h2-5,7H,6,11H2,1H3,(H,12,13)/t7-/m1/s1. The van der Waals surface area contributed by atoms with Crippen LogP contribution in [0.25, 0.3) is 11.0 Å². The number of fused-ring (bicyclic) bond motifs is 1. The van der Waals surface area contributed by atoms with E-state index >= 15 is 0 Å². The number of para-hydroxylation sites is 2. The molecule has 3 N–H and O–H groups in total. The second-order valence-corrected chi connectivity index (χ2v) is 4.36. The molecule has 0 aliphatic carbocycles. The molecule has 1 atom stereocenters. The van der Waals surface area contributed by atoms with Crippen LogP contribution in [0, 0.1) is 0 Å². The maximum absolute atomic E-state index is 5.67. The van der Waals surface area contributed by atoms with Gasteiger partial charge in [0.15, 0.2) is 5.16 Å². The third kappa shape index (κ3) is 2.08. The third-order valence-corrected chi connectivity index (χ3v) is 3.01. The molecule has 0 spiro atoms. The van der Waals surface area contributed by atoms with Crippen LogP contribution in [0.4, 0.5) is 0 Å². The maximum atomic E-state index is 5.67. The predicted octanol–water partition coefficient (Wildman–Crippen LogP) is 2.00. The Labute approximate surface area is 87.1 Å². The number of nitrogens with one attached hydrogen (secondary N) is 1. The van der Waals surface area contributed by atoms with Crippen LogP contribution in [0.15, 0.2) is 29.4 Å². The summed E-state index contributed by atoms with van der Waals surface area (Å²) in [4.78, 5) is 7.68. The van der Waals surface area contributed by atoms with E-state index in [-0.39, 0.29) is 6.04 Å². The van der Waals surface area contributed by atoms with Crippen molar-refractivity contribution in [1.29, 1.82) is 0 Å². The Morgan fingerprint density at radius 1 is 1.50 bits per heavy atom. The van der Waals surface area contributed by atoms with E-state index in [0.717, 1.165) is 21.9 Å². The molecule has 0 saturated carbocycles.